The molecular formula is C8H17N3. The molecule has 3 heteroatoms. The van der Waals surface area contributed by atoms with E-state index >= 15 is 0 Å². The smallest absolute Gasteiger partial charge is 0.176 e. The quantitative estimate of drug-likeness (QED) is 0.350. The van der Waals surface area contributed by atoms with Gasteiger partial charge in [0.25, 0.3) is 0 Å². The Morgan fingerprint density at radius 2 is 2.09 bits per heavy atom. The molecule has 0 aliphatic heterocycles. The Morgan fingerprint density at radius 3 is 2.55 bits per heavy atom. The van der Waals surface area contributed by atoms with Crippen LogP contribution in [0.5, 0.6) is 0 Å². The van der Waals surface area contributed by atoms with Crippen LogP contribution in [-0.2, 0) is 0 Å². The van der Waals surface area contributed by atoms with E-state index in [1.165, 1.54) is 6.42 Å². The topological polar surface area (TPSA) is 39.1 Å². The highest BCUT2D eigenvalue weighted by molar-refractivity contribution is 4.66. The highest BCUT2D eigenvalue weighted by Gasteiger charge is 1.97. The van der Waals surface area contributed by atoms with Crippen molar-refractivity contribution in [2.45, 2.75) is 20.3 Å². The van der Waals surface area contributed by atoms with Crippen molar-refractivity contribution in [2.75, 3.05) is 26.2 Å². The standard InChI is InChI=1S/C8H17N3/c1-3-6-11(4-2)7-5-10-8-9/h10H,3-7H2,1-2H3. The second kappa shape index (κ2) is 7.36. The Morgan fingerprint density at radius 1 is 1.36 bits per heavy atom. The Labute approximate surface area is 69.0 Å². The van der Waals surface area contributed by atoms with Crippen LogP contribution < -0.4 is 5.32 Å². The molecule has 0 aromatic carbocycles. The first-order valence-electron chi connectivity index (χ1n) is 4.19. The number of likely N-dealkylation sites (N-methyl/N-ethyl adjacent to an activating group) is 1. The van der Waals surface area contributed by atoms with E-state index < -0.39 is 0 Å². The fourth-order valence-electron chi connectivity index (χ4n) is 1.01. The minimum absolute atomic E-state index is 0.768. The Bertz CT molecular complexity index is 117. The molecule has 0 saturated heterocycles. The van der Waals surface area contributed by atoms with Crippen LogP contribution in [0, 0.1) is 11.5 Å². The Kier molecular flexibility index (Phi) is 6.86. The van der Waals surface area contributed by atoms with Crippen molar-refractivity contribution < 1.29 is 0 Å². The van der Waals surface area contributed by atoms with Crippen molar-refractivity contribution in [3.63, 3.8) is 0 Å². The number of nitrogens with one attached hydrogen (secondary N) is 1. The van der Waals surface area contributed by atoms with Gasteiger partial charge in [-0.1, -0.05) is 13.8 Å². The molecule has 0 aliphatic carbocycles. The summed E-state index contributed by atoms with van der Waals surface area (Å²) in [6, 6.07) is 0. The summed E-state index contributed by atoms with van der Waals surface area (Å²) in [5, 5.41) is 10.8. The van der Waals surface area contributed by atoms with Gasteiger partial charge in [0.1, 0.15) is 0 Å². The van der Waals surface area contributed by atoms with E-state index in [2.05, 4.69) is 24.1 Å². The molecule has 0 aromatic heterocycles. The van der Waals surface area contributed by atoms with Crippen molar-refractivity contribution in [1.82, 2.24) is 10.2 Å². The first kappa shape index (κ1) is 10.2. The summed E-state index contributed by atoms with van der Waals surface area (Å²) < 4.78 is 0. The van der Waals surface area contributed by atoms with Gasteiger partial charge in [-0.15, -0.1) is 0 Å². The molecule has 0 heterocycles. The molecule has 0 aromatic rings. The van der Waals surface area contributed by atoms with Gasteiger partial charge in [-0.05, 0) is 19.5 Å². The lowest BCUT2D eigenvalue weighted by atomic mass is 10.4. The molecule has 1 N–H and O–H groups in total. The maximum Gasteiger partial charge on any atom is 0.176 e. The van der Waals surface area contributed by atoms with Gasteiger partial charge in [0, 0.05) is 13.1 Å². The van der Waals surface area contributed by atoms with E-state index in [0.717, 1.165) is 26.2 Å². The second-order valence-corrected chi connectivity index (χ2v) is 2.47. The summed E-state index contributed by atoms with van der Waals surface area (Å²) in [5.74, 6) is 0. The van der Waals surface area contributed by atoms with Crippen LogP contribution in [0.4, 0.5) is 0 Å². The molecule has 0 rings (SSSR count). The predicted octanol–water partition coefficient (Wildman–Crippen LogP) is 0.789. The normalized spacial score (nSPS) is 9.64. The first-order valence-corrected chi connectivity index (χ1v) is 4.19. The molecule has 0 radical (unpaired) electrons. The molecule has 0 atom stereocenters. The number of nitriles is 1. The Hall–Kier alpha value is -0.750. The SMILES string of the molecule is CCCN(CC)CCNC#N. The van der Waals surface area contributed by atoms with Crippen LogP contribution in [0.1, 0.15) is 20.3 Å². The highest BCUT2D eigenvalue weighted by atomic mass is 15.1. The molecule has 3 nitrogen and oxygen atoms in total. The van der Waals surface area contributed by atoms with Gasteiger partial charge in [-0.3, -0.25) is 0 Å². The summed E-state index contributed by atoms with van der Waals surface area (Å²) in [6.45, 7) is 8.25. The summed E-state index contributed by atoms with van der Waals surface area (Å²) in [6.07, 6.45) is 3.09. The number of hydrogen-bond donors (Lipinski definition) is 1. The lowest BCUT2D eigenvalue weighted by molar-refractivity contribution is 0.292. The average Bonchev–Trinajstić information content (AvgIpc) is 2.03. The largest absolute Gasteiger partial charge is 0.323 e. The summed E-state index contributed by atoms with van der Waals surface area (Å²) in [4.78, 5) is 2.32. The zero-order chi connectivity index (χ0) is 8.53. The van der Waals surface area contributed by atoms with Crippen molar-refractivity contribution in [3.05, 3.63) is 0 Å². The van der Waals surface area contributed by atoms with Crippen LogP contribution in [-0.4, -0.2) is 31.1 Å². The molecule has 64 valence electrons. The van der Waals surface area contributed by atoms with Gasteiger partial charge in [0.2, 0.25) is 0 Å². The van der Waals surface area contributed by atoms with E-state index in [9.17, 15) is 0 Å². The number of rotatable bonds is 6. The van der Waals surface area contributed by atoms with E-state index in [1.807, 2.05) is 6.19 Å². The van der Waals surface area contributed by atoms with Gasteiger partial charge in [0.05, 0.1) is 0 Å². The van der Waals surface area contributed by atoms with Crippen molar-refractivity contribution in [3.8, 4) is 6.19 Å². The van der Waals surface area contributed by atoms with Crippen LogP contribution >= 0.6 is 0 Å². The van der Waals surface area contributed by atoms with Crippen LogP contribution in [0.25, 0.3) is 0 Å². The summed E-state index contributed by atoms with van der Waals surface area (Å²) >= 11 is 0. The maximum absolute atomic E-state index is 8.20. The predicted molar refractivity (Wildman–Crippen MR) is 46.0 cm³/mol. The second-order valence-electron chi connectivity index (χ2n) is 2.47. The minimum atomic E-state index is 0.768. The van der Waals surface area contributed by atoms with Crippen LogP contribution in [0.2, 0.25) is 0 Å². The lowest BCUT2D eigenvalue weighted by Crippen LogP contribution is -2.31. The first-order chi connectivity index (χ1) is 5.35. The Balaban J connectivity index is 3.29. The summed E-state index contributed by atoms with van der Waals surface area (Å²) in [5.41, 5.74) is 0. The molecule has 11 heavy (non-hydrogen) atoms. The van der Waals surface area contributed by atoms with Gasteiger partial charge >= 0.3 is 0 Å². The third-order valence-electron chi connectivity index (χ3n) is 1.62. The van der Waals surface area contributed by atoms with Crippen molar-refractivity contribution in [2.24, 2.45) is 0 Å². The molecular weight excluding hydrogens is 138 g/mol. The zero-order valence-corrected chi connectivity index (χ0v) is 7.43. The van der Waals surface area contributed by atoms with Gasteiger partial charge in [-0.25, -0.2) is 0 Å². The lowest BCUT2D eigenvalue weighted by Gasteiger charge is -2.18. The molecule has 0 saturated carbocycles. The van der Waals surface area contributed by atoms with E-state index in [1.54, 1.807) is 0 Å². The molecule has 0 fully saturated rings. The molecule has 0 aliphatic rings. The van der Waals surface area contributed by atoms with E-state index in [4.69, 9.17) is 5.26 Å². The number of hydrogen-bond acceptors (Lipinski definition) is 3. The zero-order valence-electron chi connectivity index (χ0n) is 7.43. The fourth-order valence-corrected chi connectivity index (χ4v) is 1.01. The van der Waals surface area contributed by atoms with E-state index in [-0.39, 0.29) is 0 Å². The minimum Gasteiger partial charge on any atom is -0.323 e. The van der Waals surface area contributed by atoms with E-state index in [0.29, 0.717) is 0 Å². The molecule has 0 bridgehead atoms. The van der Waals surface area contributed by atoms with Crippen LogP contribution in [0.3, 0.4) is 0 Å². The molecule has 0 spiro atoms. The van der Waals surface area contributed by atoms with Gasteiger partial charge in [-0.2, -0.15) is 5.26 Å². The fraction of sp³-hybridized carbons (Fsp3) is 0.875. The van der Waals surface area contributed by atoms with Gasteiger partial charge in [0.15, 0.2) is 6.19 Å². The molecule has 0 unspecified atom stereocenters. The third-order valence-corrected chi connectivity index (χ3v) is 1.62. The van der Waals surface area contributed by atoms with Crippen LogP contribution in [0.15, 0.2) is 0 Å². The number of nitrogens with zero attached hydrogens (tertiary/aromatic N) is 2. The average molecular weight is 155 g/mol. The monoisotopic (exact) mass is 155 g/mol. The summed E-state index contributed by atoms with van der Waals surface area (Å²) in [7, 11) is 0. The van der Waals surface area contributed by atoms with Crippen molar-refractivity contribution >= 4 is 0 Å². The maximum atomic E-state index is 8.20. The van der Waals surface area contributed by atoms with Crippen molar-refractivity contribution in [1.29, 1.82) is 5.26 Å². The third kappa shape index (κ3) is 5.68. The molecule has 0 amide bonds. The highest BCUT2D eigenvalue weighted by Crippen LogP contribution is 1.88. The van der Waals surface area contributed by atoms with Gasteiger partial charge < -0.3 is 10.2 Å².